The molecular weight excluding hydrogens is 556 g/mol. The van der Waals surface area contributed by atoms with E-state index < -0.39 is 0 Å². The van der Waals surface area contributed by atoms with Crippen molar-refractivity contribution in [2.24, 2.45) is 0 Å². The van der Waals surface area contributed by atoms with Crippen molar-refractivity contribution in [3.63, 3.8) is 0 Å². The molecule has 0 aliphatic rings. The number of hydrogen-bond donors (Lipinski definition) is 0. The maximum absolute atomic E-state index is 2.43. The topological polar surface area (TPSA) is 9.86 Å². The van der Waals surface area contributed by atoms with Crippen LogP contribution < -0.4 is 0 Å². The number of fused-ring (bicyclic) bond motifs is 8. The van der Waals surface area contributed by atoms with Crippen LogP contribution in [0.5, 0.6) is 0 Å². The molecule has 2 nitrogen and oxygen atoms in total. The SMILES string of the molecule is c1ccc2cc(-n3c4ccccc4c4c(-c5cccc6c5c5ccccc5n6-c5ccc6ccccc6c5)cccc43)ccc2c1. The highest BCUT2D eigenvalue weighted by atomic mass is 15.0. The van der Waals surface area contributed by atoms with Gasteiger partial charge < -0.3 is 9.13 Å². The van der Waals surface area contributed by atoms with Crippen molar-refractivity contribution < 1.29 is 0 Å². The van der Waals surface area contributed by atoms with Crippen LogP contribution in [-0.2, 0) is 0 Å². The Kier molecular flexibility index (Phi) is 5.31. The molecule has 2 aromatic heterocycles. The first kappa shape index (κ1) is 25.2. The van der Waals surface area contributed by atoms with Crippen molar-refractivity contribution in [2.75, 3.05) is 0 Å². The monoisotopic (exact) mass is 584 g/mol. The van der Waals surface area contributed by atoms with Crippen molar-refractivity contribution >= 4 is 65.2 Å². The number of benzene rings is 8. The normalized spacial score (nSPS) is 11.9. The van der Waals surface area contributed by atoms with Crippen LogP contribution in [0.1, 0.15) is 0 Å². The first-order chi connectivity index (χ1) is 22.8. The van der Waals surface area contributed by atoms with Crippen LogP contribution in [0.25, 0.3) is 87.7 Å². The maximum atomic E-state index is 2.43. The first-order valence-electron chi connectivity index (χ1n) is 15.9. The standard InChI is InChI=1S/C44H28N2/c1-3-13-31-27-33(25-23-29(31)11-1)45-39-19-7-5-15-37(39)43-35(17-9-21-41(43)45)36-18-10-22-42-44(36)38-16-6-8-20-40(38)46(42)34-26-24-30-12-2-4-14-32(30)28-34/h1-28H. The van der Waals surface area contributed by atoms with E-state index in [-0.39, 0.29) is 0 Å². The van der Waals surface area contributed by atoms with Crippen LogP contribution in [0, 0.1) is 0 Å². The van der Waals surface area contributed by atoms with Gasteiger partial charge in [-0.1, -0.05) is 121 Å². The fourth-order valence-electron chi connectivity index (χ4n) is 7.68. The van der Waals surface area contributed by atoms with Crippen molar-refractivity contribution in [3.8, 4) is 22.5 Å². The highest BCUT2D eigenvalue weighted by Gasteiger charge is 2.20. The highest BCUT2D eigenvalue weighted by Crippen LogP contribution is 2.44. The lowest BCUT2D eigenvalue weighted by Gasteiger charge is -2.11. The zero-order valence-corrected chi connectivity index (χ0v) is 25.1. The zero-order valence-electron chi connectivity index (χ0n) is 25.1. The van der Waals surface area contributed by atoms with Gasteiger partial charge >= 0.3 is 0 Å². The summed E-state index contributed by atoms with van der Waals surface area (Å²) in [5, 5.41) is 10.1. The van der Waals surface area contributed by atoms with Gasteiger partial charge in [-0.15, -0.1) is 0 Å². The van der Waals surface area contributed by atoms with E-state index in [2.05, 4.69) is 179 Å². The molecule has 0 aliphatic carbocycles. The molecule has 0 amide bonds. The third-order valence-corrected chi connectivity index (χ3v) is 9.67. The van der Waals surface area contributed by atoms with Gasteiger partial charge in [-0.05, 0) is 81.2 Å². The second kappa shape index (κ2) is 9.69. The number of para-hydroxylation sites is 2. The molecular formula is C44H28N2. The predicted octanol–water partition coefficient (Wildman–Crippen LogP) is 11.9. The molecule has 214 valence electrons. The van der Waals surface area contributed by atoms with Crippen LogP contribution in [0.3, 0.4) is 0 Å². The second-order valence-electron chi connectivity index (χ2n) is 12.2. The smallest absolute Gasteiger partial charge is 0.0547 e. The number of aromatic nitrogens is 2. The summed E-state index contributed by atoms with van der Waals surface area (Å²) in [6.45, 7) is 0. The summed E-state index contributed by atoms with van der Waals surface area (Å²) in [6.07, 6.45) is 0. The Morgan fingerprint density at radius 2 is 0.674 bits per heavy atom. The van der Waals surface area contributed by atoms with E-state index >= 15 is 0 Å². The molecule has 8 aromatic carbocycles. The van der Waals surface area contributed by atoms with Gasteiger partial charge in [0.05, 0.1) is 22.1 Å². The lowest BCUT2D eigenvalue weighted by atomic mass is 9.95. The lowest BCUT2D eigenvalue weighted by molar-refractivity contribution is 1.18. The Morgan fingerprint density at radius 1 is 0.283 bits per heavy atom. The van der Waals surface area contributed by atoms with E-state index in [0.717, 1.165) is 0 Å². The minimum Gasteiger partial charge on any atom is -0.309 e. The third-order valence-electron chi connectivity index (χ3n) is 9.67. The number of rotatable bonds is 3. The minimum absolute atomic E-state index is 1.17. The first-order valence-corrected chi connectivity index (χ1v) is 15.9. The molecule has 0 radical (unpaired) electrons. The van der Waals surface area contributed by atoms with Crippen LogP contribution in [-0.4, -0.2) is 9.13 Å². The molecule has 2 heteroatoms. The molecule has 0 aliphatic heterocycles. The van der Waals surface area contributed by atoms with Crippen molar-refractivity contribution in [1.82, 2.24) is 9.13 Å². The van der Waals surface area contributed by atoms with Crippen LogP contribution in [0.15, 0.2) is 170 Å². The molecule has 0 saturated carbocycles. The zero-order chi connectivity index (χ0) is 30.2. The molecule has 0 atom stereocenters. The van der Waals surface area contributed by atoms with Crippen LogP contribution >= 0.6 is 0 Å². The van der Waals surface area contributed by atoms with Gasteiger partial charge in [-0.2, -0.15) is 0 Å². The van der Waals surface area contributed by atoms with Gasteiger partial charge in [0.1, 0.15) is 0 Å². The van der Waals surface area contributed by atoms with E-state index in [1.54, 1.807) is 0 Å². The van der Waals surface area contributed by atoms with Gasteiger partial charge in [0.2, 0.25) is 0 Å². The summed E-state index contributed by atoms with van der Waals surface area (Å²) in [5.41, 5.74) is 9.70. The van der Waals surface area contributed by atoms with Crippen LogP contribution in [0.2, 0.25) is 0 Å². The van der Waals surface area contributed by atoms with Crippen molar-refractivity contribution in [1.29, 1.82) is 0 Å². The minimum atomic E-state index is 1.17. The van der Waals surface area contributed by atoms with Gasteiger partial charge in [0.25, 0.3) is 0 Å². The van der Waals surface area contributed by atoms with Crippen LogP contribution in [0.4, 0.5) is 0 Å². The number of hydrogen-bond acceptors (Lipinski definition) is 0. The van der Waals surface area contributed by atoms with E-state index in [1.165, 1.54) is 87.7 Å². The molecule has 2 heterocycles. The molecule has 0 saturated heterocycles. The summed E-state index contributed by atoms with van der Waals surface area (Å²) in [7, 11) is 0. The fraction of sp³-hybridized carbons (Fsp3) is 0. The summed E-state index contributed by atoms with van der Waals surface area (Å²) < 4.78 is 4.86. The Morgan fingerprint density at radius 3 is 1.15 bits per heavy atom. The van der Waals surface area contributed by atoms with E-state index in [9.17, 15) is 0 Å². The predicted molar refractivity (Wildman–Crippen MR) is 196 cm³/mol. The quantitative estimate of drug-likeness (QED) is 0.195. The molecule has 0 fully saturated rings. The summed E-state index contributed by atoms with van der Waals surface area (Å²) in [5.74, 6) is 0. The number of nitrogens with zero attached hydrogens (tertiary/aromatic N) is 2. The molecule has 0 spiro atoms. The maximum Gasteiger partial charge on any atom is 0.0547 e. The molecule has 46 heavy (non-hydrogen) atoms. The van der Waals surface area contributed by atoms with Crippen molar-refractivity contribution in [3.05, 3.63) is 170 Å². The molecule has 0 bridgehead atoms. The second-order valence-corrected chi connectivity index (χ2v) is 12.2. The Labute approximate surface area is 266 Å². The Bertz CT molecular complexity index is 2620. The lowest BCUT2D eigenvalue weighted by Crippen LogP contribution is -1.94. The Balaban J connectivity index is 1.29. The molecule has 0 unspecified atom stereocenters. The summed E-state index contributed by atoms with van der Waals surface area (Å²) in [6, 6.07) is 62.0. The highest BCUT2D eigenvalue weighted by molar-refractivity contribution is 6.22. The summed E-state index contributed by atoms with van der Waals surface area (Å²) in [4.78, 5) is 0. The summed E-state index contributed by atoms with van der Waals surface area (Å²) >= 11 is 0. The van der Waals surface area contributed by atoms with Gasteiger partial charge in [0, 0.05) is 32.9 Å². The molecule has 0 N–H and O–H groups in total. The average molecular weight is 585 g/mol. The van der Waals surface area contributed by atoms with E-state index in [1.807, 2.05) is 0 Å². The fourth-order valence-corrected chi connectivity index (χ4v) is 7.68. The van der Waals surface area contributed by atoms with E-state index in [4.69, 9.17) is 0 Å². The average Bonchev–Trinajstić information content (AvgIpc) is 3.64. The molecule has 10 aromatic rings. The Hall–Kier alpha value is -6.12. The van der Waals surface area contributed by atoms with Crippen molar-refractivity contribution in [2.45, 2.75) is 0 Å². The van der Waals surface area contributed by atoms with Gasteiger partial charge in [-0.3, -0.25) is 0 Å². The van der Waals surface area contributed by atoms with E-state index in [0.29, 0.717) is 0 Å². The largest absolute Gasteiger partial charge is 0.309 e. The van der Waals surface area contributed by atoms with Gasteiger partial charge in [0.15, 0.2) is 0 Å². The van der Waals surface area contributed by atoms with Gasteiger partial charge in [-0.25, -0.2) is 0 Å². The molecule has 10 rings (SSSR count). The third kappa shape index (κ3) is 3.59.